The maximum atomic E-state index is 12.9. The highest BCUT2D eigenvalue weighted by atomic mass is 16.4. The molecule has 0 fully saturated rings. The lowest BCUT2D eigenvalue weighted by atomic mass is 9.59. The van der Waals surface area contributed by atoms with Crippen molar-refractivity contribution in [1.82, 2.24) is 0 Å². The van der Waals surface area contributed by atoms with Crippen LogP contribution in [0.3, 0.4) is 0 Å². The van der Waals surface area contributed by atoms with Gasteiger partial charge in [-0.2, -0.15) is 0 Å². The van der Waals surface area contributed by atoms with Crippen molar-refractivity contribution < 1.29 is 34.8 Å². The monoisotopic (exact) mass is 528 g/mol. The maximum Gasteiger partial charge on any atom is 0.337 e. The molecule has 0 aliphatic rings. The van der Waals surface area contributed by atoms with Crippen molar-refractivity contribution in [2.45, 2.75) is 145 Å². The van der Waals surface area contributed by atoms with E-state index in [9.17, 15) is 34.8 Å². The van der Waals surface area contributed by atoms with Crippen LogP contribution in [-0.2, 0) is 14.4 Å². The normalized spacial score (nSPS) is 15.7. The van der Waals surface area contributed by atoms with E-state index in [-0.39, 0.29) is 35.5 Å². The Morgan fingerprint density at radius 1 is 0.541 bits per heavy atom. The summed E-state index contributed by atoms with van der Waals surface area (Å²) in [5, 5.41) is 42.8. The first-order valence-corrected chi connectivity index (χ1v) is 14.0. The predicted molar refractivity (Wildman–Crippen MR) is 148 cm³/mol. The molecule has 0 amide bonds. The zero-order chi connectivity index (χ0) is 29.3. The SMILES string of the molecule is CC(C)(C)CCCCC(C(=O)O)C(O)(C(=O)O)C(CCCCC(C)(C)C)(CCCCC(C)(C)C)C(=O)O. The summed E-state index contributed by atoms with van der Waals surface area (Å²) in [6, 6.07) is 0. The van der Waals surface area contributed by atoms with Gasteiger partial charge in [0, 0.05) is 0 Å². The molecule has 0 aromatic heterocycles. The molecular weight excluding hydrogens is 472 g/mol. The first kappa shape index (κ1) is 35.4. The van der Waals surface area contributed by atoms with Gasteiger partial charge in [0.15, 0.2) is 5.60 Å². The molecule has 7 nitrogen and oxygen atoms in total. The van der Waals surface area contributed by atoms with Gasteiger partial charge in [0.1, 0.15) is 5.41 Å². The Bertz CT molecular complexity index is 714. The van der Waals surface area contributed by atoms with Crippen molar-refractivity contribution in [1.29, 1.82) is 0 Å². The van der Waals surface area contributed by atoms with Crippen molar-refractivity contribution in [2.24, 2.45) is 27.6 Å². The molecule has 37 heavy (non-hydrogen) atoms. The molecule has 0 saturated heterocycles. The summed E-state index contributed by atoms with van der Waals surface area (Å²) in [7, 11) is 0. The molecule has 0 aliphatic heterocycles. The van der Waals surface area contributed by atoms with Crippen LogP contribution in [0.1, 0.15) is 139 Å². The summed E-state index contributed by atoms with van der Waals surface area (Å²) in [4.78, 5) is 38.1. The van der Waals surface area contributed by atoms with Crippen LogP contribution in [-0.4, -0.2) is 43.9 Å². The minimum absolute atomic E-state index is 0.0261. The van der Waals surface area contributed by atoms with E-state index in [1.54, 1.807) is 0 Å². The highest BCUT2D eigenvalue weighted by Gasteiger charge is 2.65. The van der Waals surface area contributed by atoms with E-state index in [4.69, 9.17) is 0 Å². The molecule has 0 heterocycles. The summed E-state index contributed by atoms with van der Waals surface area (Å²) in [6.45, 7) is 18.7. The van der Waals surface area contributed by atoms with Gasteiger partial charge in [-0.3, -0.25) is 9.59 Å². The van der Waals surface area contributed by atoms with E-state index < -0.39 is 34.8 Å². The Hall–Kier alpha value is -1.63. The number of hydrogen-bond donors (Lipinski definition) is 4. The van der Waals surface area contributed by atoms with Gasteiger partial charge in [-0.15, -0.1) is 0 Å². The van der Waals surface area contributed by atoms with Crippen LogP contribution in [0.4, 0.5) is 0 Å². The van der Waals surface area contributed by atoms with Crippen LogP contribution in [0, 0.1) is 27.6 Å². The number of carboxylic acid groups (broad SMARTS) is 3. The summed E-state index contributed by atoms with van der Waals surface area (Å²) >= 11 is 0. The van der Waals surface area contributed by atoms with Gasteiger partial charge in [0.2, 0.25) is 0 Å². The average Bonchev–Trinajstić information content (AvgIpc) is 2.69. The molecule has 0 aromatic rings. The van der Waals surface area contributed by atoms with Gasteiger partial charge >= 0.3 is 17.9 Å². The quantitative estimate of drug-likeness (QED) is 0.145. The van der Waals surface area contributed by atoms with Crippen LogP contribution in [0.25, 0.3) is 0 Å². The lowest BCUT2D eigenvalue weighted by molar-refractivity contribution is -0.207. The fraction of sp³-hybridized carbons (Fsp3) is 0.900. The van der Waals surface area contributed by atoms with Crippen molar-refractivity contribution in [3.8, 4) is 0 Å². The minimum Gasteiger partial charge on any atom is -0.481 e. The third kappa shape index (κ3) is 11.7. The van der Waals surface area contributed by atoms with Gasteiger partial charge < -0.3 is 20.4 Å². The van der Waals surface area contributed by atoms with Gasteiger partial charge in [-0.05, 0) is 54.8 Å². The number of aliphatic hydroxyl groups is 1. The fourth-order valence-corrected chi connectivity index (χ4v) is 5.25. The Labute approximate surface area is 225 Å². The van der Waals surface area contributed by atoms with Gasteiger partial charge in [-0.1, -0.05) is 101 Å². The summed E-state index contributed by atoms with van der Waals surface area (Å²) < 4.78 is 0. The van der Waals surface area contributed by atoms with E-state index >= 15 is 0 Å². The molecule has 2 unspecified atom stereocenters. The zero-order valence-electron chi connectivity index (χ0n) is 25.1. The molecule has 0 aromatic carbocycles. The molecule has 0 rings (SSSR count). The van der Waals surface area contributed by atoms with Gasteiger partial charge in [-0.25, -0.2) is 4.79 Å². The number of aliphatic carboxylic acids is 3. The summed E-state index contributed by atoms with van der Waals surface area (Å²) in [5.41, 5.74) is -4.93. The minimum atomic E-state index is -2.92. The van der Waals surface area contributed by atoms with Crippen LogP contribution in [0.2, 0.25) is 0 Å². The molecule has 2 atom stereocenters. The average molecular weight is 529 g/mol. The van der Waals surface area contributed by atoms with E-state index in [1.165, 1.54) is 0 Å². The topological polar surface area (TPSA) is 132 Å². The standard InChI is InChI=1S/C30H56O7/c1-26(2,3)17-11-10-16-22(23(31)32)30(37,25(35)36)29(24(33)34,20-14-12-18-27(4,5)6)21-15-13-19-28(7,8)9/h22,37H,10-21H2,1-9H3,(H,31,32)(H,33,34)(H,35,36). The Balaban J connectivity index is 6.32. The first-order chi connectivity index (χ1) is 16.6. The van der Waals surface area contributed by atoms with Crippen LogP contribution < -0.4 is 0 Å². The lowest BCUT2D eigenvalue weighted by Gasteiger charge is -2.45. The Kier molecular flexibility index (Phi) is 13.3. The fourth-order valence-electron chi connectivity index (χ4n) is 5.25. The largest absolute Gasteiger partial charge is 0.481 e. The van der Waals surface area contributed by atoms with E-state index in [0.717, 1.165) is 19.3 Å². The van der Waals surface area contributed by atoms with E-state index in [2.05, 4.69) is 62.3 Å². The molecule has 0 bridgehead atoms. The second kappa shape index (κ2) is 14.0. The third-order valence-electron chi connectivity index (χ3n) is 7.50. The van der Waals surface area contributed by atoms with Crippen molar-refractivity contribution >= 4 is 17.9 Å². The van der Waals surface area contributed by atoms with Gasteiger partial charge in [0.05, 0.1) is 5.92 Å². The van der Waals surface area contributed by atoms with Crippen molar-refractivity contribution in [3.05, 3.63) is 0 Å². The summed E-state index contributed by atoms with van der Waals surface area (Å²) in [5.74, 6) is -6.36. The molecule has 0 spiro atoms. The number of carbonyl (C=O) groups is 3. The molecule has 0 saturated carbocycles. The Morgan fingerprint density at radius 2 is 0.865 bits per heavy atom. The molecular formula is C30H56O7. The second-order valence-electron chi connectivity index (χ2n) is 14.7. The third-order valence-corrected chi connectivity index (χ3v) is 7.50. The first-order valence-electron chi connectivity index (χ1n) is 14.0. The smallest absolute Gasteiger partial charge is 0.337 e. The molecule has 218 valence electrons. The number of rotatable bonds is 17. The predicted octanol–water partition coefficient (Wildman–Crippen LogP) is 7.39. The van der Waals surface area contributed by atoms with Crippen LogP contribution in [0.5, 0.6) is 0 Å². The van der Waals surface area contributed by atoms with Crippen molar-refractivity contribution in [3.63, 3.8) is 0 Å². The van der Waals surface area contributed by atoms with Crippen molar-refractivity contribution in [2.75, 3.05) is 0 Å². The number of hydrogen-bond acceptors (Lipinski definition) is 4. The lowest BCUT2D eigenvalue weighted by Crippen LogP contribution is -2.64. The molecule has 4 N–H and O–H groups in total. The van der Waals surface area contributed by atoms with E-state index in [0.29, 0.717) is 38.5 Å². The number of unbranched alkanes of at least 4 members (excludes halogenated alkanes) is 3. The highest BCUT2D eigenvalue weighted by molar-refractivity contribution is 5.93. The Morgan fingerprint density at radius 3 is 1.14 bits per heavy atom. The molecule has 0 aliphatic carbocycles. The highest BCUT2D eigenvalue weighted by Crippen LogP contribution is 2.48. The zero-order valence-corrected chi connectivity index (χ0v) is 25.1. The van der Waals surface area contributed by atoms with Gasteiger partial charge in [0.25, 0.3) is 0 Å². The van der Waals surface area contributed by atoms with Crippen LogP contribution >= 0.6 is 0 Å². The number of carboxylic acids is 3. The van der Waals surface area contributed by atoms with E-state index in [1.807, 2.05) is 0 Å². The molecule has 0 radical (unpaired) electrons. The summed E-state index contributed by atoms with van der Waals surface area (Å²) in [6.07, 6.45) is 5.38. The van der Waals surface area contributed by atoms with Crippen LogP contribution in [0.15, 0.2) is 0 Å². The maximum absolute atomic E-state index is 12.9. The second-order valence-corrected chi connectivity index (χ2v) is 14.7. The molecule has 7 heteroatoms.